The van der Waals surface area contributed by atoms with Gasteiger partial charge in [-0.25, -0.2) is 0 Å². The Morgan fingerprint density at radius 2 is 2.39 bits per heavy atom. The molecule has 2 aliphatic rings. The van der Waals surface area contributed by atoms with Crippen molar-refractivity contribution in [2.75, 3.05) is 0 Å². The van der Waals surface area contributed by atoms with Crippen LogP contribution in [-0.4, -0.2) is 17.1 Å². The van der Waals surface area contributed by atoms with Gasteiger partial charge < -0.3 is 10.4 Å². The molecule has 0 aromatic carbocycles. The lowest BCUT2D eigenvalue weighted by molar-refractivity contribution is -0.137. The summed E-state index contributed by atoms with van der Waals surface area (Å²) in [7, 11) is 0. The first-order valence-corrected chi connectivity index (χ1v) is 7.61. The minimum Gasteiger partial charge on any atom is -0.481 e. The summed E-state index contributed by atoms with van der Waals surface area (Å²) in [6, 6.07) is 4.57. The Morgan fingerprint density at radius 1 is 1.50 bits per heavy atom. The molecule has 0 saturated heterocycles. The summed E-state index contributed by atoms with van der Waals surface area (Å²) < 4.78 is 0. The summed E-state index contributed by atoms with van der Waals surface area (Å²) in [5.41, 5.74) is 0. The number of carboxylic acid groups (broad SMARTS) is 1. The smallest absolute Gasteiger partial charge is 0.305 e. The molecule has 2 aliphatic carbocycles. The molecular weight excluding hydrogens is 246 g/mol. The van der Waals surface area contributed by atoms with E-state index in [1.165, 1.54) is 25.7 Å². The van der Waals surface area contributed by atoms with Gasteiger partial charge in [0.1, 0.15) is 0 Å². The van der Waals surface area contributed by atoms with E-state index < -0.39 is 5.97 Å². The summed E-state index contributed by atoms with van der Waals surface area (Å²) in [6.45, 7) is 0. The van der Waals surface area contributed by atoms with Gasteiger partial charge in [0.15, 0.2) is 0 Å². The van der Waals surface area contributed by atoms with Crippen molar-refractivity contribution in [1.82, 2.24) is 5.32 Å². The van der Waals surface area contributed by atoms with Gasteiger partial charge in [0.25, 0.3) is 0 Å². The molecule has 2 N–H and O–H groups in total. The van der Waals surface area contributed by atoms with Crippen LogP contribution >= 0.6 is 11.3 Å². The number of carbonyl (C=O) groups is 1. The SMILES string of the molecule is O=C(O)CC(NC1CC2CCC1C2)c1cccs1. The Labute approximate surface area is 111 Å². The molecule has 3 rings (SSSR count). The quantitative estimate of drug-likeness (QED) is 0.860. The monoisotopic (exact) mass is 265 g/mol. The van der Waals surface area contributed by atoms with Crippen LogP contribution in [0.4, 0.5) is 0 Å². The third-order valence-corrected chi connectivity index (χ3v) is 5.40. The average Bonchev–Trinajstić information content (AvgIpc) is 3.05. The third kappa shape index (κ3) is 2.45. The minimum atomic E-state index is -0.718. The predicted molar refractivity (Wildman–Crippen MR) is 71.7 cm³/mol. The topological polar surface area (TPSA) is 49.3 Å². The maximum absolute atomic E-state index is 11.0. The van der Waals surface area contributed by atoms with Gasteiger partial charge >= 0.3 is 5.97 Å². The lowest BCUT2D eigenvalue weighted by Crippen LogP contribution is -2.37. The van der Waals surface area contributed by atoms with Crippen LogP contribution in [0.2, 0.25) is 0 Å². The number of rotatable bonds is 5. The van der Waals surface area contributed by atoms with Crippen LogP contribution in [0.15, 0.2) is 17.5 Å². The Bertz CT molecular complexity index is 417. The highest BCUT2D eigenvalue weighted by molar-refractivity contribution is 7.10. The lowest BCUT2D eigenvalue weighted by Gasteiger charge is -2.27. The van der Waals surface area contributed by atoms with E-state index in [9.17, 15) is 4.79 Å². The minimum absolute atomic E-state index is 0.00755. The van der Waals surface area contributed by atoms with Gasteiger partial charge in [-0.2, -0.15) is 0 Å². The molecular formula is C14H19NO2S. The Kier molecular flexibility index (Phi) is 3.39. The molecule has 4 heteroatoms. The number of hydrogen-bond acceptors (Lipinski definition) is 3. The summed E-state index contributed by atoms with van der Waals surface area (Å²) in [6.07, 6.45) is 5.49. The van der Waals surface area contributed by atoms with E-state index in [1.807, 2.05) is 17.5 Å². The second-order valence-corrected chi connectivity index (χ2v) is 6.59. The van der Waals surface area contributed by atoms with Crippen molar-refractivity contribution in [3.8, 4) is 0 Å². The number of aliphatic carboxylic acids is 1. The molecule has 18 heavy (non-hydrogen) atoms. The first kappa shape index (κ1) is 12.2. The van der Waals surface area contributed by atoms with Gasteiger partial charge in [0.2, 0.25) is 0 Å². The Morgan fingerprint density at radius 3 is 2.94 bits per heavy atom. The molecule has 0 radical (unpaired) electrons. The lowest BCUT2D eigenvalue weighted by atomic mass is 9.94. The van der Waals surface area contributed by atoms with Crippen LogP contribution in [-0.2, 0) is 4.79 Å². The maximum atomic E-state index is 11.0. The summed E-state index contributed by atoms with van der Waals surface area (Å²) >= 11 is 1.65. The van der Waals surface area contributed by atoms with Gasteiger partial charge in [0, 0.05) is 10.9 Å². The van der Waals surface area contributed by atoms with E-state index in [2.05, 4.69) is 5.32 Å². The number of carboxylic acids is 1. The molecule has 4 unspecified atom stereocenters. The molecule has 2 saturated carbocycles. The highest BCUT2D eigenvalue weighted by atomic mass is 32.1. The fourth-order valence-electron chi connectivity index (χ4n) is 3.61. The van der Waals surface area contributed by atoms with E-state index in [1.54, 1.807) is 11.3 Å². The van der Waals surface area contributed by atoms with E-state index in [0.717, 1.165) is 16.7 Å². The molecule has 0 amide bonds. The number of nitrogens with one attached hydrogen (secondary N) is 1. The van der Waals surface area contributed by atoms with E-state index >= 15 is 0 Å². The summed E-state index contributed by atoms with van der Waals surface area (Å²) in [5, 5.41) is 14.7. The van der Waals surface area contributed by atoms with E-state index in [4.69, 9.17) is 5.11 Å². The fraction of sp³-hybridized carbons (Fsp3) is 0.643. The zero-order valence-corrected chi connectivity index (χ0v) is 11.2. The predicted octanol–water partition coefficient (Wildman–Crippen LogP) is 3.04. The van der Waals surface area contributed by atoms with E-state index in [-0.39, 0.29) is 12.5 Å². The van der Waals surface area contributed by atoms with Crippen LogP contribution in [0, 0.1) is 11.8 Å². The largest absolute Gasteiger partial charge is 0.481 e. The van der Waals surface area contributed by atoms with Crippen LogP contribution in [0.3, 0.4) is 0 Å². The second kappa shape index (κ2) is 5.02. The zero-order chi connectivity index (χ0) is 12.5. The molecule has 2 bridgehead atoms. The van der Waals surface area contributed by atoms with Crippen LogP contribution < -0.4 is 5.32 Å². The number of hydrogen-bond donors (Lipinski definition) is 2. The maximum Gasteiger partial charge on any atom is 0.305 e. The Balaban J connectivity index is 1.68. The highest BCUT2D eigenvalue weighted by Crippen LogP contribution is 2.45. The molecule has 3 nitrogen and oxygen atoms in total. The van der Waals surface area contributed by atoms with Crippen LogP contribution in [0.25, 0.3) is 0 Å². The van der Waals surface area contributed by atoms with E-state index in [0.29, 0.717) is 6.04 Å². The summed E-state index contributed by atoms with van der Waals surface area (Å²) in [4.78, 5) is 12.2. The standard InChI is InChI=1S/C14H19NO2S/c16-14(17)8-12(13-2-1-5-18-13)15-11-7-9-3-4-10(11)6-9/h1-2,5,9-12,15H,3-4,6-8H2,(H,16,17). The first-order valence-electron chi connectivity index (χ1n) is 6.73. The van der Waals surface area contributed by atoms with Gasteiger partial charge in [-0.1, -0.05) is 12.5 Å². The van der Waals surface area contributed by atoms with Crippen molar-refractivity contribution in [3.05, 3.63) is 22.4 Å². The second-order valence-electron chi connectivity index (χ2n) is 5.61. The van der Waals surface area contributed by atoms with Crippen molar-refractivity contribution in [3.63, 3.8) is 0 Å². The van der Waals surface area contributed by atoms with Crippen LogP contribution in [0.5, 0.6) is 0 Å². The molecule has 98 valence electrons. The first-order chi connectivity index (χ1) is 8.72. The molecule has 0 aliphatic heterocycles. The zero-order valence-electron chi connectivity index (χ0n) is 10.3. The van der Waals surface area contributed by atoms with Gasteiger partial charge in [-0.3, -0.25) is 4.79 Å². The normalized spacial score (nSPS) is 31.7. The Hall–Kier alpha value is -0.870. The molecule has 1 aromatic heterocycles. The molecule has 1 heterocycles. The van der Waals surface area contributed by atoms with Crippen LogP contribution in [0.1, 0.15) is 43.0 Å². The molecule has 2 fully saturated rings. The van der Waals surface area contributed by atoms with Crippen molar-refractivity contribution >= 4 is 17.3 Å². The molecule has 0 spiro atoms. The third-order valence-electron chi connectivity index (χ3n) is 4.42. The average molecular weight is 265 g/mol. The fourth-order valence-corrected chi connectivity index (χ4v) is 4.40. The van der Waals surface area contributed by atoms with Crippen molar-refractivity contribution in [2.24, 2.45) is 11.8 Å². The van der Waals surface area contributed by atoms with Crippen molar-refractivity contribution < 1.29 is 9.90 Å². The van der Waals surface area contributed by atoms with Gasteiger partial charge in [-0.15, -0.1) is 11.3 Å². The molecule has 1 aromatic rings. The summed E-state index contributed by atoms with van der Waals surface area (Å²) in [5.74, 6) is 0.955. The van der Waals surface area contributed by atoms with Gasteiger partial charge in [0.05, 0.1) is 12.5 Å². The molecule has 4 atom stereocenters. The number of thiophene rings is 1. The van der Waals surface area contributed by atoms with Crippen molar-refractivity contribution in [2.45, 2.75) is 44.2 Å². The van der Waals surface area contributed by atoms with Crippen molar-refractivity contribution in [1.29, 1.82) is 0 Å². The number of fused-ring (bicyclic) bond motifs is 2. The van der Waals surface area contributed by atoms with Gasteiger partial charge in [-0.05, 0) is 42.5 Å². The highest BCUT2D eigenvalue weighted by Gasteiger charge is 2.40.